The van der Waals surface area contributed by atoms with E-state index in [9.17, 15) is 9.59 Å². The molecule has 0 spiro atoms. The first-order valence-electron chi connectivity index (χ1n) is 5.81. The Bertz CT molecular complexity index is 415. The zero-order chi connectivity index (χ0) is 13.5. The van der Waals surface area contributed by atoms with Crippen LogP contribution in [0.1, 0.15) is 20.3 Å². The fraction of sp³-hybridized carbons (Fsp3) is 0.385. The minimum Gasteiger partial charge on any atom is -0.467 e. The maximum absolute atomic E-state index is 11.2. The molecule has 1 atom stereocenters. The molecule has 0 saturated carbocycles. The van der Waals surface area contributed by atoms with Gasteiger partial charge in [0.2, 0.25) is 5.91 Å². The molecule has 0 heterocycles. The lowest BCUT2D eigenvalue weighted by molar-refractivity contribution is -0.141. The number of methoxy groups -OCH3 is 1. The smallest absolute Gasteiger partial charge is 0.327 e. The summed E-state index contributed by atoms with van der Waals surface area (Å²) in [5.41, 5.74) is 1.53. The summed E-state index contributed by atoms with van der Waals surface area (Å²) in [5.74, 6) is -0.350. The lowest BCUT2D eigenvalue weighted by Gasteiger charge is -2.13. The van der Waals surface area contributed by atoms with Gasteiger partial charge in [0.1, 0.15) is 6.04 Å². The molecule has 5 nitrogen and oxygen atoms in total. The van der Waals surface area contributed by atoms with E-state index in [2.05, 4.69) is 15.4 Å². The quantitative estimate of drug-likeness (QED) is 0.784. The highest BCUT2D eigenvalue weighted by molar-refractivity contribution is 5.90. The monoisotopic (exact) mass is 250 g/mol. The average molecular weight is 250 g/mol. The van der Waals surface area contributed by atoms with Gasteiger partial charge >= 0.3 is 5.97 Å². The van der Waals surface area contributed by atoms with E-state index in [1.54, 1.807) is 38.1 Å². The summed E-state index contributed by atoms with van der Waals surface area (Å²) in [6.07, 6.45) is 0.444. The number of ether oxygens (including phenoxy) is 1. The zero-order valence-corrected chi connectivity index (χ0v) is 10.8. The molecule has 1 unspecified atom stereocenters. The molecule has 18 heavy (non-hydrogen) atoms. The lowest BCUT2D eigenvalue weighted by atomic mass is 10.2. The summed E-state index contributed by atoms with van der Waals surface area (Å²) in [6, 6.07) is 6.74. The van der Waals surface area contributed by atoms with E-state index in [1.807, 2.05) is 0 Å². The minimum atomic E-state index is -0.411. The van der Waals surface area contributed by atoms with Crippen LogP contribution in [0.3, 0.4) is 0 Å². The third-order valence-corrected chi connectivity index (χ3v) is 2.43. The Balaban J connectivity index is 2.60. The summed E-state index contributed by atoms with van der Waals surface area (Å²) < 4.78 is 4.62. The molecule has 1 amide bonds. The first-order chi connectivity index (χ1) is 8.56. The fourth-order valence-corrected chi connectivity index (χ4v) is 1.38. The highest BCUT2D eigenvalue weighted by Gasteiger charge is 2.12. The Hall–Kier alpha value is -2.04. The largest absolute Gasteiger partial charge is 0.467 e. The molecule has 2 N–H and O–H groups in total. The van der Waals surface area contributed by atoms with Crippen molar-refractivity contribution in [1.82, 2.24) is 0 Å². The summed E-state index contributed by atoms with van der Waals surface area (Å²) in [7, 11) is 1.35. The zero-order valence-electron chi connectivity index (χ0n) is 10.8. The molecule has 0 aromatic heterocycles. The van der Waals surface area contributed by atoms with Crippen LogP contribution in [0.2, 0.25) is 0 Å². The third-order valence-electron chi connectivity index (χ3n) is 2.43. The predicted octanol–water partition coefficient (Wildman–Crippen LogP) is 2.01. The first kappa shape index (κ1) is 14.0. The van der Waals surface area contributed by atoms with Crippen molar-refractivity contribution >= 4 is 23.3 Å². The van der Waals surface area contributed by atoms with Crippen LogP contribution < -0.4 is 10.6 Å². The van der Waals surface area contributed by atoms with Gasteiger partial charge in [-0.25, -0.2) is 4.79 Å². The molecule has 98 valence electrons. The van der Waals surface area contributed by atoms with Gasteiger partial charge < -0.3 is 15.4 Å². The Morgan fingerprint density at radius 1 is 1.22 bits per heavy atom. The number of hydrogen-bond acceptors (Lipinski definition) is 4. The summed E-state index contributed by atoms with van der Waals surface area (Å²) in [6.45, 7) is 3.52. The number of benzene rings is 1. The van der Waals surface area contributed by atoms with E-state index in [0.29, 0.717) is 6.42 Å². The number of amides is 1. The molecule has 1 aromatic carbocycles. The van der Waals surface area contributed by atoms with E-state index in [0.717, 1.165) is 11.4 Å². The van der Waals surface area contributed by atoms with E-state index < -0.39 is 6.04 Å². The van der Waals surface area contributed by atoms with Crippen molar-refractivity contribution < 1.29 is 14.3 Å². The number of nitrogens with one attached hydrogen (secondary N) is 2. The molecule has 0 aliphatic heterocycles. The van der Waals surface area contributed by atoms with E-state index in [4.69, 9.17) is 0 Å². The Kier molecular flexibility index (Phi) is 5.17. The first-order valence-corrected chi connectivity index (χ1v) is 5.81. The molecule has 0 radical (unpaired) electrons. The average Bonchev–Trinajstić information content (AvgIpc) is 2.39. The molecule has 0 bridgehead atoms. The van der Waals surface area contributed by atoms with E-state index in [-0.39, 0.29) is 11.9 Å². The van der Waals surface area contributed by atoms with Crippen LogP contribution in [-0.2, 0) is 14.3 Å². The van der Waals surface area contributed by atoms with Gasteiger partial charge in [0.15, 0.2) is 0 Å². The fourth-order valence-electron chi connectivity index (χ4n) is 1.38. The SMILES string of the molecule is CCC(=O)Nc1ccc(NC(C)C(=O)OC)cc1. The van der Waals surface area contributed by atoms with Crippen molar-refractivity contribution in [3.63, 3.8) is 0 Å². The van der Waals surface area contributed by atoms with Gasteiger partial charge in [-0.1, -0.05) is 6.92 Å². The minimum absolute atomic E-state index is 0.0290. The number of carbonyl (C=O) groups excluding carboxylic acids is 2. The second kappa shape index (κ2) is 6.64. The molecule has 1 aromatic rings. The van der Waals surface area contributed by atoms with Crippen LogP contribution in [0.4, 0.5) is 11.4 Å². The van der Waals surface area contributed by atoms with Gasteiger partial charge in [-0.3, -0.25) is 4.79 Å². The van der Waals surface area contributed by atoms with Crippen molar-refractivity contribution in [2.45, 2.75) is 26.3 Å². The van der Waals surface area contributed by atoms with Gasteiger partial charge in [0.25, 0.3) is 0 Å². The highest BCUT2D eigenvalue weighted by atomic mass is 16.5. The number of rotatable bonds is 5. The number of carbonyl (C=O) groups is 2. The van der Waals surface area contributed by atoms with E-state index >= 15 is 0 Å². The Labute approximate surface area is 107 Å². The van der Waals surface area contributed by atoms with Crippen molar-refractivity contribution in [3.8, 4) is 0 Å². The summed E-state index contributed by atoms with van der Waals surface area (Å²) >= 11 is 0. The van der Waals surface area contributed by atoms with Crippen LogP contribution >= 0.6 is 0 Å². The normalized spacial score (nSPS) is 11.5. The Morgan fingerprint density at radius 3 is 2.28 bits per heavy atom. The summed E-state index contributed by atoms with van der Waals surface area (Å²) in [4.78, 5) is 22.4. The van der Waals surface area contributed by atoms with E-state index in [1.165, 1.54) is 7.11 Å². The molecule has 0 fully saturated rings. The number of hydrogen-bond donors (Lipinski definition) is 2. The predicted molar refractivity (Wildman–Crippen MR) is 70.5 cm³/mol. The van der Waals surface area contributed by atoms with Crippen LogP contribution in [0.25, 0.3) is 0 Å². The van der Waals surface area contributed by atoms with Gasteiger partial charge in [-0.15, -0.1) is 0 Å². The van der Waals surface area contributed by atoms with Gasteiger partial charge in [0.05, 0.1) is 7.11 Å². The topological polar surface area (TPSA) is 67.4 Å². The van der Waals surface area contributed by atoms with Crippen LogP contribution in [0, 0.1) is 0 Å². The highest BCUT2D eigenvalue weighted by Crippen LogP contribution is 2.14. The molecule has 0 aliphatic rings. The van der Waals surface area contributed by atoms with Crippen molar-refractivity contribution in [2.75, 3.05) is 17.7 Å². The molecule has 1 rings (SSSR count). The van der Waals surface area contributed by atoms with Crippen molar-refractivity contribution in [3.05, 3.63) is 24.3 Å². The van der Waals surface area contributed by atoms with Crippen LogP contribution in [0.5, 0.6) is 0 Å². The number of esters is 1. The second-order valence-corrected chi connectivity index (χ2v) is 3.87. The van der Waals surface area contributed by atoms with Crippen molar-refractivity contribution in [1.29, 1.82) is 0 Å². The molecular formula is C13H18N2O3. The maximum Gasteiger partial charge on any atom is 0.327 e. The molecule has 5 heteroatoms. The van der Waals surface area contributed by atoms with Crippen LogP contribution in [0.15, 0.2) is 24.3 Å². The second-order valence-electron chi connectivity index (χ2n) is 3.87. The van der Waals surface area contributed by atoms with Gasteiger partial charge in [0, 0.05) is 17.8 Å². The standard InChI is InChI=1S/C13H18N2O3/c1-4-12(16)15-11-7-5-10(6-8-11)14-9(2)13(17)18-3/h5-9,14H,4H2,1-3H3,(H,15,16). The Morgan fingerprint density at radius 2 is 1.78 bits per heavy atom. The summed E-state index contributed by atoms with van der Waals surface area (Å²) in [5, 5.41) is 5.75. The van der Waals surface area contributed by atoms with Crippen molar-refractivity contribution in [2.24, 2.45) is 0 Å². The molecule has 0 saturated heterocycles. The molecule has 0 aliphatic carbocycles. The maximum atomic E-state index is 11.2. The molecular weight excluding hydrogens is 232 g/mol. The number of anilines is 2. The van der Waals surface area contributed by atoms with Gasteiger partial charge in [-0.05, 0) is 31.2 Å². The van der Waals surface area contributed by atoms with Crippen LogP contribution in [-0.4, -0.2) is 25.0 Å². The van der Waals surface area contributed by atoms with Gasteiger partial charge in [-0.2, -0.15) is 0 Å². The lowest BCUT2D eigenvalue weighted by Crippen LogP contribution is -2.27. The third kappa shape index (κ3) is 4.08.